The van der Waals surface area contributed by atoms with Crippen molar-refractivity contribution < 1.29 is 17.9 Å². The van der Waals surface area contributed by atoms with Crippen LogP contribution in [-0.4, -0.2) is 43.5 Å². The lowest BCUT2D eigenvalue weighted by Gasteiger charge is -2.23. The van der Waals surface area contributed by atoms with Gasteiger partial charge in [0.15, 0.2) is 15.5 Å². The largest absolute Gasteiger partial charge is 0.461 e. The lowest BCUT2D eigenvalue weighted by Crippen LogP contribution is -2.35. The van der Waals surface area contributed by atoms with Crippen LogP contribution < -0.4 is 5.32 Å². The fourth-order valence-corrected chi connectivity index (χ4v) is 4.40. The minimum Gasteiger partial charge on any atom is -0.461 e. The molecule has 0 spiro atoms. The molecule has 0 aliphatic carbocycles. The summed E-state index contributed by atoms with van der Waals surface area (Å²) in [4.78, 5) is 15.6. The Balaban J connectivity index is 2.07. The highest BCUT2D eigenvalue weighted by atomic mass is 32.2. The van der Waals surface area contributed by atoms with Crippen molar-refractivity contribution in [2.24, 2.45) is 0 Å². The van der Waals surface area contributed by atoms with Crippen molar-refractivity contribution in [2.45, 2.75) is 25.8 Å². The van der Waals surface area contributed by atoms with Gasteiger partial charge in [-0.2, -0.15) is 0 Å². The number of ether oxygens (including phenoxy) is 1. The molecule has 1 atom stereocenters. The van der Waals surface area contributed by atoms with Gasteiger partial charge in [0.2, 0.25) is 0 Å². The van der Waals surface area contributed by atoms with Crippen molar-refractivity contribution in [3.05, 3.63) is 11.2 Å². The van der Waals surface area contributed by atoms with Gasteiger partial charge in [-0.15, -0.1) is 11.3 Å². The van der Waals surface area contributed by atoms with Crippen molar-refractivity contribution in [3.8, 4) is 0 Å². The first-order valence-corrected chi connectivity index (χ1v) is 8.79. The highest BCUT2D eigenvalue weighted by Crippen LogP contribution is 2.24. The fraction of sp³-hybridized carbons (Fsp3) is 0.636. The second-order valence-electron chi connectivity index (χ2n) is 4.35. The zero-order valence-electron chi connectivity index (χ0n) is 10.6. The molecule has 1 N–H and O–H groups in total. The number of anilines is 1. The van der Waals surface area contributed by atoms with Gasteiger partial charge in [0.1, 0.15) is 5.00 Å². The molecule has 106 valence electrons. The van der Waals surface area contributed by atoms with E-state index in [0.29, 0.717) is 11.4 Å². The normalized spacial score (nSPS) is 21.8. The predicted octanol–water partition coefficient (Wildman–Crippen LogP) is 1.31. The highest BCUT2D eigenvalue weighted by molar-refractivity contribution is 7.91. The van der Waals surface area contributed by atoms with Crippen LogP contribution in [0.1, 0.15) is 30.3 Å². The number of sulfone groups is 1. The number of rotatable bonds is 4. The van der Waals surface area contributed by atoms with Gasteiger partial charge < -0.3 is 10.1 Å². The topological polar surface area (TPSA) is 85.4 Å². The number of aromatic nitrogens is 1. The van der Waals surface area contributed by atoms with Crippen LogP contribution in [0.5, 0.6) is 0 Å². The van der Waals surface area contributed by atoms with Crippen molar-refractivity contribution in [3.63, 3.8) is 0 Å². The van der Waals surface area contributed by atoms with E-state index in [-0.39, 0.29) is 29.8 Å². The minimum absolute atomic E-state index is 0.104. The Morgan fingerprint density at radius 2 is 2.42 bits per heavy atom. The number of hydrogen-bond donors (Lipinski definition) is 1. The van der Waals surface area contributed by atoms with Crippen LogP contribution in [0.3, 0.4) is 0 Å². The first kappa shape index (κ1) is 14.3. The molecule has 1 aromatic rings. The van der Waals surface area contributed by atoms with E-state index in [1.807, 2.05) is 0 Å². The van der Waals surface area contributed by atoms with E-state index in [0.717, 1.165) is 6.42 Å². The summed E-state index contributed by atoms with van der Waals surface area (Å²) >= 11 is 1.28. The molecule has 1 aliphatic heterocycles. The molecule has 2 rings (SSSR count). The molecule has 1 saturated heterocycles. The van der Waals surface area contributed by atoms with E-state index in [2.05, 4.69) is 10.3 Å². The number of carbonyl (C=O) groups excluding carboxylic acids is 1. The number of nitrogens with zero attached hydrogens (tertiary/aromatic N) is 1. The first-order valence-electron chi connectivity index (χ1n) is 6.09. The monoisotopic (exact) mass is 304 g/mol. The number of hydrogen-bond acceptors (Lipinski definition) is 7. The molecule has 19 heavy (non-hydrogen) atoms. The summed E-state index contributed by atoms with van der Waals surface area (Å²) in [5, 5.41) is 3.68. The lowest BCUT2D eigenvalue weighted by molar-refractivity contribution is 0.0521. The van der Waals surface area contributed by atoms with Crippen LogP contribution in [0.4, 0.5) is 5.00 Å². The molecule has 0 saturated carbocycles. The number of esters is 1. The maximum Gasteiger partial charge on any atom is 0.360 e. The quantitative estimate of drug-likeness (QED) is 0.844. The van der Waals surface area contributed by atoms with E-state index < -0.39 is 15.8 Å². The third-order valence-corrected chi connectivity index (χ3v) is 5.41. The van der Waals surface area contributed by atoms with Gasteiger partial charge in [-0.05, 0) is 19.8 Å². The number of nitrogens with one attached hydrogen (secondary N) is 1. The summed E-state index contributed by atoms with van der Waals surface area (Å²) in [6.07, 6.45) is 1.42. The van der Waals surface area contributed by atoms with E-state index in [4.69, 9.17) is 4.74 Å². The fourth-order valence-electron chi connectivity index (χ4n) is 2.02. The summed E-state index contributed by atoms with van der Waals surface area (Å²) in [6, 6.07) is -0.160. The minimum atomic E-state index is -2.97. The second-order valence-corrected chi connectivity index (χ2v) is 7.43. The Labute approximate surface area is 116 Å². The van der Waals surface area contributed by atoms with Gasteiger partial charge in [0, 0.05) is 6.04 Å². The zero-order valence-corrected chi connectivity index (χ0v) is 12.2. The van der Waals surface area contributed by atoms with Crippen LogP contribution in [-0.2, 0) is 14.6 Å². The van der Waals surface area contributed by atoms with Crippen molar-refractivity contribution in [1.29, 1.82) is 0 Å². The Morgan fingerprint density at radius 1 is 1.63 bits per heavy atom. The van der Waals surface area contributed by atoms with Gasteiger partial charge in [0.05, 0.1) is 23.6 Å². The van der Waals surface area contributed by atoms with Gasteiger partial charge >= 0.3 is 5.97 Å². The van der Waals surface area contributed by atoms with E-state index >= 15 is 0 Å². The van der Waals surface area contributed by atoms with Crippen LogP contribution >= 0.6 is 11.3 Å². The Morgan fingerprint density at radius 3 is 3.11 bits per heavy atom. The average molecular weight is 304 g/mol. The van der Waals surface area contributed by atoms with Gasteiger partial charge in [-0.3, -0.25) is 0 Å². The molecule has 6 nitrogen and oxygen atoms in total. The molecular formula is C11H16N2O4S2. The van der Waals surface area contributed by atoms with Crippen LogP contribution in [0, 0.1) is 0 Å². The zero-order chi connectivity index (χ0) is 13.9. The molecule has 0 amide bonds. The summed E-state index contributed by atoms with van der Waals surface area (Å²) in [6.45, 7) is 2.01. The average Bonchev–Trinajstić information content (AvgIpc) is 2.76. The Bertz CT molecular complexity index is 553. The second kappa shape index (κ2) is 5.87. The standard InChI is InChI=1S/C11H16N2O4S2/c1-2-17-11(14)9-10(18-7-12-9)13-8-4-3-5-19(15,16)6-8/h7-8,13H,2-6H2,1H3. The predicted molar refractivity (Wildman–Crippen MR) is 73.4 cm³/mol. The molecule has 1 aromatic heterocycles. The van der Waals surface area contributed by atoms with E-state index in [1.165, 1.54) is 11.3 Å². The molecule has 8 heteroatoms. The number of thiazole rings is 1. The third-order valence-electron chi connectivity index (χ3n) is 2.83. The molecule has 0 radical (unpaired) electrons. The summed E-state index contributed by atoms with van der Waals surface area (Å²) < 4.78 is 28.0. The van der Waals surface area contributed by atoms with Crippen LogP contribution in [0.15, 0.2) is 5.51 Å². The van der Waals surface area contributed by atoms with E-state index in [1.54, 1.807) is 12.4 Å². The lowest BCUT2D eigenvalue weighted by atomic mass is 10.2. The molecular weight excluding hydrogens is 288 g/mol. The van der Waals surface area contributed by atoms with Gasteiger partial charge in [0.25, 0.3) is 0 Å². The van der Waals surface area contributed by atoms with Crippen molar-refractivity contribution in [1.82, 2.24) is 4.98 Å². The molecule has 1 unspecified atom stereocenters. The molecule has 0 aromatic carbocycles. The Kier molecular flexibility index (Phi) is 4.41. The molecule has 1 aliphatic rings. The van der Waals surface area contributed by atoms with Crippen molar-refractivity contribution >= 4 is 32.1 Å². The highest BCUT2D eigenvalue weighted by Gasteiger charge is 2.26. The third kappa shape index (κ3) is 3.66. The smallest absolute Gasteiger partial charge is 0.360 e. The molecule has 1 fully saturated rings. The maximum atomic E-state index is 11.7. The Hall–Kier alpha value is -1.15. The summed E-state index contributed by atoms with van der Waals surface area (Å²) in [5.41, 5.74) is 1.78. The van der Waals surface area contributed by atoms with E-state index in [9.17, 15) is 13.2 Å². The molecule has 0 bridgehead atoms. The van der Waals surface area contributed by atoms with Gasteiger partial charge in [-0.25, -0.2) is 18.2 Å². The summed E-state index contributed by atoms with van der Waals surface area (Å²) in [5.74, 6) is -0.129. The SMILES string of the molecule is CCOC(=O)c1ncsc1NC1CCCS(=O)(=O)C1. The van der Waals surface area contributed by atoms with Crippen molar-refractivity contribution in [2.75, 3.05) is 23.4 Å². The van der Waals surface area contributed by atoms with Crippen LogP contribution in [0.25, 0.3) is 0 Å². The summed E-state index contributed by atoms with van der Waals surface area (Å²) in [7, 11) is -2.97. The number of carbonyl (C=O) groups is 1. The van der Waals surface area contributed by atoms with Gasteiger partial charge in [-0.1, -0.05) is 0 Å². The van der Waals surface area contributed by atoms with Crippen LogP contribution in [0.2, 0.25) is 0 Å². The maximum absolute atomic E-state index is 11.7. The molecule has 2 heterocycles. The first-order chi connectivity index (χ1) is 9.02.